The molecule has 0 aliphatic heterocycles. The van der Waals surface area contributed by atoms with Crippen LogP contribution < -0.4 is 0 Å². The van der Waals surface area contributed by atoms with Crippen LogP contribution in [0.25, 0.3) is 11.3 Å². The van der Waals surface area contributed by atoms with Crippen LogP contribution in [0.2, 0.25) is 0 Å². The summed E-state index contributed by atoms with van der Waals surface area (Å²) in [5.41, 5.74) is 1.29. The Morgan fingerprint density at radius 3 is 2.69 bits per heavy atom. The molecule has 0 amide bonds. The fourth-order valence-electron chi connectivity index (χ4n) is 1.27. The quantitative estimate of drug-likeness (QED) is 0.917. The number of nitrogens with zero attached hydrogens (tertiary/aromatic N) is 2. The number of hydrogen-bond donors (Lipinski definition) is 1. The number of hydrogen-bond acceptors (Lipinski definition) is 3. The average Bonchev–Trinajstić information content (AvgIpc) is 2.30. The predicted molar refractivity (Wildman–Crippen MR) is 62.1 cm³/mol. The normalized spacial score (nSPS) is 10.1. The fraction of sp³-hybridized carbons (Fsp3) is 0. The summed E-state index contributed by atoms with van der Waals surface area (Å²) in [4.78, 5) is 18.6. The smallest absolute Gasteiger partial charge is 0.356 e. The minimum Gasteiger partial charge on any atom is -0.476 e. The first-order chi connectivity index (χ1) is 7.68. The molecule has 1 heterocycles. The summed E-state index contributed by atoms with van der Waals surface area (Å²) in [5, 5.41) is 8.81. The van der Waals surface area contributed by atoms with E-state index in [0.29, 0.717) is 5.69 Å². The van der Waals surface area contributed by atoms with Gasteiger partial charge in [0, 0.05) is 10.0 Å². The van der Waals surface area contributed by atoms with E-state index in [2.05, 4.69) is 25.9 Å². The lowest BCUT2D eigenvalue weighted by atomic mass is 10.1. The zero-order chi connectivity index (χ0) is 11.5. The van der Waals surface area contributed by atoms with Gasteiger partial charge in [-0.2, -0.15) is 0 Å². The van der Waals surface area contributed by atoms with E-state index in [9.17, 15) is 4.79 Å². The van der Waals surface area contributed by atoms with Gasteiger partial charge in [-0.3, -0.25) is 4.98 Å². The molecule has 0 saturated carbocycles. The molecule has 0 bridgehead atoms. The molecule has 2 rings (SSSR count). The molecule has 0 atom stereocenters. The Morgan fingerprint density at radius 1 is 1.25 bits per heavy atom. The molecule has 0 fully saturated rings. The van der Waals surface area contributed by atoms with Crippen molar-refractivity contribution in [3.05, 3.63) is 46.8 Å². The SMILES string of the molecule is O=C(O)c1cncc(-c2ccccc2Br)n1. The molecule has 80 valence electrons. The van der Waals surface area contributed by atoms with Gasteiger partial charge in [0.15, 0.2) is 5.69 Å². The molecule has 0 aliphatic rings. The molecule has 5 heteroatoms. The Balaban J connectivity index is 2.53. The van der Waals surface area contributed by atoms with Crippen LogP contribution in [0.3, 0.4) is 0 Å². The molecule has 2 aromatic rings. The number of carboxylic acids is 1. The number of benzene rings is 1. The van der Waals surface area contributed by atoms with Crippen molar-refractivity contribution in [2.45, 2.75) is 0 Å². The van der Waals surface area contributed by atoms with Gasteiger partial charge < -0.3 is 5.11 Å². The highest BCUT2D eigenvalue weighted by Crippen LogP contribution is 2.25. The second kappa shape index (κ2) is 4.40. The zero-order valence-electron chi connectivity index (χ0n) is 8.09. The van der Waals surface area contributed by atoms with E-state index < -0.39 is 5.97 Å². The highest BCUT2D eigenvalue weighted by molar-refractivity contribution is 9.10. The molecular formula is C11H7BrN2O2. The van der Waals surface area contributed by atoms with Crippen LogP contribution in [0.15, 0.2) is 41.1 Å². The van der Waals surface area contributed by atoms with Crippen LogP contribution in [-0.4, -0.2) is 21.0 Å². The molecule has 0 aliphatic carbocycles. The van der Waals surface area contributed by atoms with Gasteiger partial charge in [0.1, 0.15) is 0 Å². The van der Waals surface area contributed by atoms with Crippen molar-refractivity contribution >= 4 is 21.9 Å². The summed E-state index contributed by atoms with van der Waals surface area (Å²) >= 11 is 3.38. The van der Waals surface area contributed by atoms with E-state index in [1.54, 1.807) is 0 Å². The van der Waals surface area contributed by atoms with Gasteiger partial charge in [-0.15, -0.1) is 0 Å². The number of aromatic nitrogens is 2. The predicted octanol–water partition coefficient (Wildman–Crippen LogP) is 2.60. The summed E-state index contributed by atoms with van der Waals surface area (Å²) in [6, 6.07) is 7.45. The van der Waals surface area contributed by atoms with Crippen molar-refractivity contribution in [2.24, 2.45) is 0 Å². The lowest BCUT2D eigenvalue weighted by Gasteiger charge is -2.03. The second-order valence-electron chi connectivity index (χ2n) is 3.07. The van der Waals surface area contributed by atoms with Crippen molar-refractivity contribution in [2.75, 3.05) is 0 Å². The van der Waals surface area contributed by atoms with Crippen molar-refractivity contribution in [3.8, 4) is 11.3 Å². The molecule has 1 N–H and O–H groups in total. The summed E-state index contributed by atoms with van der Waals surface area (Å²) in [7, 11) is 0. The van der Waals surface area contributed by atoms with Gasteiger partial charge in [0.2, 0.25) is 0 Å². The molecule has 1 aromatic heterocycles. The number of halogens is 1. The molecular weight excluding hydrogens is 272 g/mol. The topological polar surface area (TPSA) is 63.1 Å². The Bertz CT molecular complexity index is 543. The average molecular weight is 279 g/mol. The van der Waals surface area contributed by atoms with Crippen LogP contribution >= 0.6 is 15.9 Å². The molecule has 1 aromatic carbocycles. The lowest BCUT2D eigenvalue weighted by molar-refractivity contribution is 0.0690. The number of carboxylic acid groups (broad SMARTS) is 1. The van der Waals surface area contributed by atoms with Gasteiger partial charge in [0.25, 0.3) is 0 Å². The summed E-state index contributed by atoms with van der Waals surface area (Å²) in [6.45, 7) is 0. The van der Waals surface area contributed by atoms with Gasteiger partial charge in [-0.05, 0) is 6.07 Å². The van der Waals surface area contributed by atoms with Gasteiger partial charge >= 0.3 is 5.97 Å². The van der Waals surface area contributed by atoms with Crippen molar-refractivity contribution in [1.29, 1.82) is 0 Å². The van der Waals surface area contributed by atoms with Crippen molar-refractivity contribution in [1.82, 2.24) is 9.97 Å². The summed E-state index contributed by atoms with van der Waals surface area (Å²) in [6.07, 6.45) is 2.76. The van der Waals surface area contributed by atoms with Crippen LogP contribution in [0, 0.1) is 0 Å². The largest absolute Gasteiger partial charge is 0.476 e. The first-order valence-electron chi connectivity index (χ1n) is 4.49. The van der Waals surface area contributed by atoms with E-state index >= 15 is 0 Å². The molecule has 4 nitrogen and oxygen atoms in total. The Kier molecular flexibility index (Phi) is 2.96. The number of aromatic carboxylic acids is 1. The first kappa shape index (κ1) is 10.8. The third kappa shape index (κ3) is 2.09. The van der Waals surface area contributed by atoms with Crippen molar-refractivity contribution in [3.63, 3.8) is 0 Å². The number of carbonyl (C=O) groups is 1. The van der Waals surface area contributed by atoms with E-state index in [1.807, 2.05) is 24.3 Å². The highest BCUT2D eigenvalue weighted by atomic mass is 79.9. The van der Waals surface area contributed by atoms with Gasteiger partial charge in [-0.1, -0.05) is 34.1 Å². The van der Waals surface area contributed by atoms with E-state index in [-0.39, 0.29) is 5.69 Å². The maximum Gasteiger partial charge on any atom is 0.356 e. The minimum atomic E-state index is -1.08. The standard InChI is InChI=1S/C11H7BrN2O2/c12-8-4-2-1-3-7(8)9-5-13-6-10(14-9)11(15)16/h1-6H,(H,15,16). The number of rotatable bonds is 2. The van der Waals surface area contributed by atoms with E-state index in [1.165, 1.54) is 12.4 Å². The molecule has 0 saturated heterocycles. The Labute approximate surface area is 100 Å². The third-order valence-corrected chi connectivity index (χ3v) is 2.69. The first-order valence-corrected chi connectivity index (χ1v) is 5.28. The maximum atomic E-state index is 10.8. The Morgan fingerprint density at radius 2 is 2.00 bits per heavy atom. The maximum absolute atomic E-state index is 10.8. The van der Waals surface area contributed by atoms with Crippen LogP contribution in [0.1, 0.15) is 10.5 Å². The summed E-state index contributed by atoms with van der Waals surface area (Å²) < 4.78 is 0.854. The molecule has 16 heavy (non-hydrogen) atoms. The van der Waals surface area contributed by atoms with Crippen LogP contribution in [0.5, 0.6) is 0 Å². The van der Waals surface area contributed by atoms with Crippen LogP contribution in [0.4, 0.5) is 0 Å². The monoisotopic (exact) mass is 278 g/mol. The zero-order valence-corrected chi connectivity index (χ0v) is 9.68. The fourth-order valence-corrected chi connectivity index (χ4v) is 1.76. The summed E-state index contributed by atoms with van der Waals surface area (Å²) in [5.74, 6) is -1.08. The molecule has 0 spiro atoms. The Hall–Kier alpha value is -1.75. The van der Waals surface area contributed by atoms with Gasteiger partial charge in [0.05, 0.1) is 18.1 Å². The van der Waals surface area contributed by atoms with Gasteiger partial charge in [-0.25, -0.2) is 9.78 Å². The highest BCUT2D eigenvalue weighted by Gasteiger charge is 2.09. The third-order valence-electron chi connectivity index (χ3n) is 2.00. The minimum absolute atomic E-state index is 0.0618. The lowest BCUT2D eigenvalue weighted by Crippen LogP contribution is -2.02. The van der Waals surface area contributed by atoms with Crippen molar-refractivity contribution < 1.29 is 9.90 Å². The second-order valence-corrected chi connectivity index (χ2v) is 3.93. The molecule has 0 radical (unpaired) electrons. The van der Waals surface area contributed by atoms with Crippen LogP contribution in [-0.2, 0) is 0 Å². The van der Waals surface area contributed by atoms with E-state index in [4.69, 9.17) is 5.11 Å². The molecule has 0 unspecified atom stereocenters. The van der Waals surface area contributed by atoms with E-state index in [0.717, 1.165) is 10.0 Å².